The first-order chi connectivity index (χ1) is 17.4. The summed E-state index contributed by atoms with van der Waals surface area (Å²) in [5.41, 5.74) is 2.05. The predicted octanol–water partition coefficient (Wildman–Crippen LogP) is 4.30. The predicted molar refractivity (Wildman–Crippen MR) is 134 cm³/mol. The van der Waals surface area contributed by atoms with Crippen LogP contribution in [0.2, 0.25) is 0 Å². The van der Waals surface area contributed by atoms with E-state index in [0.29, 0.717) is 18.8 Å². The van der Waals surface area contributed by atoms with Crippen LogP contribution in [0.1, 0.15) is 35.7 Å². The molecule has 2 amide bonds. The van der Waals surface area contributed by atoms with E-state index in [9.17, 15) is 14.4 Å². The molecule has 0 saturated carbocycles. The molecule has 36 heavy (non-hydrogen) atoms. The summed E-state index contributed by atoms with van der Waals surface area (Å²) in [5.74, 6) is -1.00. The van der Waals surface area contributed by atoms with Crippen molar-refractivity contribution in [1.82, 2.24) is 10.3 Å². The molecule has 4 N–H and O–H groups in total. The van der Waals surface area contributed by atoms with Gasteiger partial charge in [-0.3, -0.25) is 9.59 Å². The Kier molecular flexibility index (Phi) is 9.63. The topological polar surface area (TPSA) is 139 Å². The third kappa shape index (κ3) is 8.32. The molecule has 1 aromatic heterocycles. The molecule has 3 aromatic rings. The maximum atomic E-state index is 12.9. The number of carbonyl (C=O) groups is 3. The van der Waals surface area contributed by atoms with Crippen LogP contribution in [0.3, 0.4) is 0 Å². The molecule has 10 nitrogen and oxygen atoms in total. The summed E-state index contributed by atoms with van der Waals surface area (Å²) in [6.45, 7) is 2.50. The molecule has 10 heteroatoms. The number of ether oxygens (including phenoxy) is 2. The molecule has 0 atom stereocenters. The minimum absolute atomic E-state index is 0.0982. The number of anilines is 2. The van der Waals surface area contributed by atoms with Crippen LogP contribution >= 0.6 is 0 Å². The van der Waals surface area contributed by atoms with Crippen molar-refractivity contribution in [1.29, 1.82) is 0 Å². The van der Waals surface area contributed by atoms with Gasteiger partial charge in [-0.25, -0.2) is 9.78 Å². The number of carbonyl (C=O) groups excluding carboxylic acids is 2. The Bertz CT molecular complexity index is 1170. The van der Waals surface area contributed by atoms with Crippen LogP contribution in [-0.2, 0) is 11.3 Å². The van der Waals surface area contributed by atoms with Gasteiger partial charge in [0.2, 0.25) is 5.88 Å². The number of unbranched alkanes of at least 4 members (excludes halogenated alkanes) is 1. The van der Waals surface area contributed by atoms with E-state index in [1.807, 2.05) is 30.3 Å². The van der Waals surface area contributed by atoms with E-state index in [1.54, 1.807) is 24.3 Å². The summed E-state index contributed by atoms with van der Waals surface area (Å²) in [6.07, 6.45) is 2.30. The zero-order valence-corrected chi connectivity index (χ0v) is 19.8. The first-order valence-electron chi connectivity index (χ1n) is 11.4. The number of amides is 2. The van der Waals surface area contributed by atoms with Gasteiger partial charge >= 0.3 is 12.1 Å². The monoisotopic (exact) mass is 492 g/mol. The average Bonchev–Trinajstić information content (AvgIpc) is 2.88. The summed E-state index contributed by atoms with van der Waals surface area (Å²) < 4.78 is 10.8. The van der Waals surface area contributed by atoms with E-state index in [2.05, 4.69) is 27.9 Å². The van der Waals surface area contributed by atoms with Gasteiger partial charge in [-0.1, -0.05) is 43.7 Å². The normalized spacial score (nSPS) is 10.2. The second-order valence-electron chi connectivity index (χ2n) is 7.73. The highest BCUT2D eigenvalue weighted by Gasteiger charge is 2.16. The summed E-state index contributed by atoms with van der Waals surface area (Å²) in [5, 5.41) is 16.7. The van der Waals surface area contributed by atoms with E-state index in [4.69, 9.17) is 14.6 Å². The van der Waals surface area contributed by atoms with Gasteiger partial charge in [0.05, 0.1) is 17.9 Å². The number of hydrogen-bond acceptors (Lipinski definition) is 7. The minimum atomic E-state index is -1.21. The number of benzene rings is 2. The van der Waals surface area contributed by atoms with Gasteiger partial charge in [-0.15, -0.1) is 0 Å². The Balaban J connectivity index is 1.72. The van der Waals surface area contributed by atoms with E-state index in [0.717, 1.165) is 24.2 Å². The number of carboxylic acid groups (broad SMARTS) is 1. The SMILES string of the molecule is CCCCOc1ccc(NC(=O)c2cnc(OC(=O)NCC(=O)O)c(NCc3ccccc3)c2)cc1. The third-order valence-corrected chi connectivity index (χ3v) is 4.89. The van der Waals surface area contributed by atoms with Crippen LogP contribution in [-0.4, -0.2) is 41.2 Å². The molecule has 0 aliphatic carbocycles. The zero-order valence-electron chi connectivity index (χ0n) is 19.8. The van der Waals surface area contributed by atoms with Crippen LogP contribution in [0.5, 0.6) is 11.6 Å². The zero-order chi connectivity index (χ0) is 25.8. The van der Waals surface area contributed by atoms with Crippen molar-refractivity contribution >= 4 is 29.3 Å². The number of rotatable bonds is 12. The number of aliphatic carboxylic acids is 1. The quantitative estimate of drug-likeness (QED) is 0.275. The molecular formula is C26H28N4O6. The minimum Gasteiger partial charge on any atom is -0.494 e. The maximum absolute atomic E-state index is 12.9. The molecule has 0 radical (unpaired) electrons. The lowest BCUT2D eigenvalue weighted by Gasteiger charge is -2.13. The van der Waals surface area contributed by atoms with Gasteiger partial charge in [0, 0.05) is 18.4 Å². The lowest BCUT2D eigenvalue weighted by molar-refractivity contribution is -0.135. The van der Waals surface area contributed by atoms with Gasteiger partial charge in [0.15, 0.2) is 0 Å². The van der Waals surface area contributed by atoms with Crippen molar-refractivity contribution in [2.45, 2.75) is 26.3 Å². The molecule has 1 heterocycles. The highest BCUT2D eigenvalue weighted by Crippen LogP contribution is 2.25. The average molecular weight is 493 g/mol. The number of nitrogens with one attached hydrogen (secondary N) is 3. The summed E-state index contributed by atoms with van der Waals surface area (Å²) >= 11 is 0. The van der Waals surface area contributed by atoms with Crippen LogP contribution in [0, 0.1) is 0 Å². The largest absolute Gasteiger partial charge is 0.494 e. The Hall–Kier alpha value is -4.60. The number of nitrogens with zero attached hydrogens (tertiary/aromatic N) is 1. The Morgan fingerprint density at radius 3 is 2.47 bits per heavy atom. The first kappa shape index (κ1) is 26.0. The molecular weight excluding hydrogens is 464 g/mol. The molecule has 0 aliphatic rings. The highest BCUT2D eigenvalue weighted by molar-refractivity contribution is 6.04. The van der Waals surface area contributed by atoms with Gasteiger partial charge < -0.3 is 30.5 Å². The summed E-state index contributed by atoms with van der Waals surface area (Å²) in [4.78, 5) is 39.6. The second-order valence-corrected chi connectivity index (χ2v) is 7.73. The van der Waals surface area contributed by atoms with Crippen LogP contribution < -0.4 is 25.4 Å². The Morgan fingerprint density at radius 2 is 1.78 bits per heavy atom. The number of pyridine rings is 1. The Labute approximate surface area is 208 Å². The van der Waals surface area contributed by atoms with E-state index < -0.39 is 24.5 Å². The van der Waals surface area contributed by atoms with E-state index >= 15 is 0 Å². The Morgan fingerprint density at radius 1 is 1.03 bits per heavy atom. The molecule has 0 aliphatic heterocycles. The van der Waals surface area contributed by atoms with Gasteiger partial charge in [0.1, 0.15) is 12.3 Å². The summed E-state index contributed by atoms with van der Waals surface area (Å²) in [7, 11) is 0. The number of aromatic nitrogens is 1. The van der Waals surface area contributed by atoms with Crippen LogP contribution in [0.4, 0.5) is 16.2 Å². The standard InChI is InChI=1S/C26H28N4O6/c1-2-3-13-35-21-11-9-20(10-12-21)30-24(33)19-14-22(27-15-18-7-5-4-6-8-18)25(28-16-19)36-26(34)29-17-23(31)32/h4-12,14,16,27H,2-3,13,15,17H2,1H3,(H,29,34)(H,30,33)(H,31,32). The van der Waals surface area contributed by atoms with E-state index in [-0.39, 0.29) is 17.1 Å². The number of hydrogen-bond donors (Lipinski definition) is 4. The second kappa shape index (κ2) is 13.3. The molecule has 0 unspecified atom stereocenters. The molecule has 0 saturated heterocycles. The van der Waals surface area contributed by atoms with Crippen molar-refractivity contribution in [3.8, 4) is 11.6 Å². The fourth-order valence-electron chi connectivity index (χ4n) is 3.02. The lowest BCUT2D eigenvalue weighted by Crippen LogP contribution is -2.32. The maximum Gasteiger partial charge on any atom is 0.414 e. The fraction of sp³-hybridized carbons (Fsp3) is 0.231. The molecule has 0 bridgehead atoms. The third-order valence-electron chi connectivity index (χ3n) is 4.89. The summed E-state index contributed by atoms with van der Waals surface area (Å²) in [6, 6.07) is 18.0. The fourth-order valence-corrected chi connectivity index (χ4v) is 3.02. The van der Waals surface area contributed by atoms with Crippen molar-refractivity contribution < 1.29 is 29.0 Å². The molecule has 3 rings (SSSR count). The smallest absolute Gasteiger partial charge is 0.414 e. The molecule has 0 fully saturated rings. The van der Waals surface area contributed by atoms with Crippen molar-refractivity contribution in [2.24, 2.45) is 0 Å². The molecule has 2 aromatic carbocycles. The first-order valence-corrected chi connectivity index (χ1v) is 11.4. The highest BCUT2D eigenvalue weighted by atomic mass is 16.6. The van der Waals surface area contributed by atoms with Crippen molar-refractivity contribution in [3.05, 3.63) is 78.0 Å². The molecule has 188 valence electrons. The van der Waals surface area contributed by atoms with Crippen molar-refractivity contribution in [2.75, 3.05) is 23.8 Å². The number of carboxylic acids is 1. The van der Waals surface area contributed by atoms with Crippen LogP contribution in [0.15, 0.2) is 66.9 Å². The molecule has 0 spiro atoms. The van der Waals surface area contributed by atoms with Crippen molar-refractivity contribution in [3.63, 3.8) is 0 Å². The van der Waals surface area contributed by atoms with Crippen LogP contribution in [0.25, 0.3) is 0 Å². The van der Waals surface area contributed by atoms with Gasteiger partial charge in [-0.05, 0) is 42.3 Å². The van der Waals surface area contributed by atoms with E-state index in [1.165, 1.54) is 12.3 Å². The lowest BCUT2D eigenvalue weighted by atomic mass is 10.2. The van der Waals surface area contributed by atoms with Gasteiger partial charge in [0.25, 0.3) is 5.91 Å². The van der Waals surface area contributed by atoms with Gasteiger partial charge in [-0.2, -0.15) is 0 Å².